The molecular formula is C27H23N3O3S. The molecule has 7 heteroatoms. The molecule has 170 valence electrons. The highest BCUT2D eigenvalue weighted by Crippen LogP contribution is 2.27. The van der Waals surface area contributed by atoms with Crippen LogP contribution in [0, 0.1) is 13.8 Å². The third kappa shape index (κ3) is 4.47. The van der Waals surface area contributed by atoms with Crippen LogP contribution in [-0.2, 0) is 11.3 Å². The summed E-state index contributed by atoms with van der Waals surface area (Å²) in [5.74, 6) is -0.0425. The SMILES string of the molecule is Cc1ccc(Cn2c(SCC(=O)Nc3cccc(C)c3)nc3c(oc4ccccc43)c2=O)cc1. The number of carbonyl (C=O) groups excluding carboxylic acids is 1. The zero-order valence-electron chi connectivity index (χ0n) is 18.9. The summed E-state index contributed by atoms with van der Waals surface area (Å²) in [6.45, 7) is 4.33. The standard InChI is InChI=1S/C27H23N3O3S/c1-17-10-12-19(13-11-17)15-30-26(32)25-24(21-8-3-4-9-22(21)33-25)29-27(30)34-16-23(31)28-20-7-5-6-18(2)14-20/h3-14H,15-16H2,1-2H3,(H,28,31). The highest BCUT2D eigenvalue weighted by molar-refractivity contribution is 7.99. The summed E-state index contributed by atoms with van der Waals surface area (Å²) in [5.41, 5.74) is 5.01. The number of anilines is 1. The lowest BCUT2D eigenvalue weighted by Gasteiger charge is -2.12. The summed E-state index contributed by atoms with van der Waals surface area (Å²) < 4.78 is 7.45. The predicted molar refractivity (Wildman–Crippen MR) is 137 cm³/mol. The summed E-state index contributed by atoms with van der Waals surface area (Å²) in [6.07, 6.45) is 0. The van der Waals surface area contributed by atoms with Gasteiger partial charge in [-0.3, -0.25) is 14.2 Å². The molecule has 1 N–H and O–H groups in total. The molecule has 0 fully saturated rings. The Morgan fingerprint density at radius 3 is 2.59 bits per heavy atom. The zero-order chi connectivity index (χ0) is 23.7. The van der Waals surface area contributed by atoms with Gasteiger partial charge in [-0.25, -0.2) is 4.98 Å². The third-order valence-electron chi connectivity index (χ3n) is 5.54. The number of amides is 1. The molecular weight excluding hydrogens is 446 g/mol. The van der Waals surface area contributed by atoms with Gasteiger partial charge in [0.15, 0.2) is 5.16 Å². The number of aromatic nitrogens is 2. The molecule has 0 unspecified atom stereocenters. The number of benzene rings is 3. The third-order valence-corrected chi connectivity index (χ3v) is 6.52. The van der Waals surface area contributed by atoms with E-state index in [4.69, 9.17) is 9.40 Å². The van der Waals surface area contributed by atoms with Crippen LogP contribution in [0.5, 0.6) is 0 Å². The van der Waals surface area contributed by atoms with Crippen LogP contribution in [0.25, 0.3) is 22.1 Å². The van der Waals surface area contributed by atoms with Gasteiger partial charge in [-0.1, -0.05) is 65.9 Å². The van der Waals surface area contributed by atoms with E-state index in [0.29, 0.717) is 22.8 Å². The predicted octanol–water partition coefficient (Wildman–Crippen LogP) is 5.54. The molecule has 0 bridgehead atoms. The quantitative estimate of drug-likeness (QED) is 0.261. The Kier molecular flexibility index (Phi) is 5.94. The minimum absolute atomic E-state index is 0.121. The van der Waals surface area contributed by atoms with E-state index in [9.17, 15) is 9.59 Å². The molecule has 2 heterocycles. The minimum Gasteiger partial charge on any atom is -0.448 e. The highest BCUT2D eigenvalue weighted by Gasteiger charge is 2.19. The van der Waals surface area contributed by atoms with Crippen LogP contribution in [0.3, 0.4) is 0 Å². The number of hydrogen-bond donors (Lipinski definition) is 1. The van der Waals surface area contributed by atoms with Crippen LogP contribution in [0.4, 0.5) is 5.69 Å². The van der Waals surface area contributed by atoms with Crippen molar-refractivity contribution in [1.29, 1.82) is 0 Å². The Balaban J connectivity index is 1.51. The first-order valence-corrected chi connectivity index (χ1v) is 11.9. The number of fused-ring (bicyclic) bond motifs is 3. The largest absolute Gasteiger partial charge is 0.448 e. The molecule has 5 aromatic rings. The van der Waals surface area contributed by atoms with E-state index >= 15 is 0 Å². The van der Waals surface area contributed by atoms with Gasteiger partial charge in [-0.15, -0.1) is 0 Å². The fourth-order valence-corrected chi connectivity index (χ4v) is 4.62. The first-order valence-electron chi connectivity index (χ1n) is 10.9. The molecule has 2 aromatic heterocycles. The lowest BCUT2D eigenvalue weighted by atomic mass is 10.1. The van der Waals surface area contributed by atoms with Gasteiger partial charge in [0.2, 0.25) is 11.5 Å². The number of rotatable bonds is 6. The first-order chi connectivity index (χ1) is 16.5. The van der Waals surface area contributed by atoms with Crippen LogP contribution >= 0.6 is 11.8 Å². The molecule has 6 nitrogen and oxygen atoms in total. The van der Waals surface area contributed by atoms with Crippen LogP contribution in [0.2, 0.25) is 0 Å². The Hall–Kier alpha value is -3.84. The molecule has 5 rings (SSSR count). The number of furan rings is 1. The van der Waals surface area contributed by atoms with Crippen LogP contribution in [0.15, 0.2) is 87.2 Å². The van der Waals surface area contributed by atoms with Gasteiger partial charge >= 0.3 is 0 Å². The molecule has 0 aliphatic rings. The van der Waals surface area contributed by atoms with E-state index in [1.54, 1.807) is 4.57 Å². The summed E-state index contributed by atoms with van der Waals surface area (Å²) in [7, 11) is 0. The van der Waals surface area contributed by atoms with E-state index in [1.807, 2.05) is 86.6 Å². The van der Waals surface area contributed by atoms with Gasteiger partial charge < -0.3 is 9.73 Å². The number of nitrogens with one attached hydrogen (secondary N) is 1. The smallest absolute Gasteiger partial charge is 0.298 e. The van der Waals surface area contributed by atoms with Crippen molar-refractivity contribution >= 4 is 45.4 Å². The maximum absolute atomic E-state index is 13.5. The van der Waals surface area contributed by atoms with Crippen LogP contribution < -0.4 is 10.9 Å². The Bertz CT molecular complexity index is 1570. The number of nitrogens with zero attached hydrogens (tertiary/aromatic N) is 2. The van der Waals surface area contributed by atoms with Gasteiger partial charge in [0, 0.05) is 11.1 Å². The van der Waals surface area contributed by atoms with Crippen molar-refractivity contribution in [3.63, 3.8) is 0 Å². The summed E-state index contributed by atoms with van der Waals surface area (Å²) >= 11 is 1.24. The second-order valence-electron chi connectivity index (χ2n) is 8.25. The van der Waals surface area contributed by atoms with E-state index in [2.05, 4.69) is 5.32 Å². The second kappa shape index (κ2) is 9.19. The van der Waals surface area contributed by atoms with Gasteiger partial charge in [0.25, 0.3) is 5.56 Å². The Labute approximate surface area is 200 Å². The van der Waals surface area contributed by atoms with E-state index < -0.39 is 0 Å². The van der Waals surface area contributed by atoms with Crippen molar-refractivity contribution < 1.29 is 9.21 Å². The lowest BCUT2D eigenvalue weighted by Crippen LogP contribution is -2.24. The monoisotopic (exact) mass is 469 g/mol. The first kappa shape index (κ1) is 22.0. The molecule has 0 radical (unpaired) electrons. The van der Waals surface area contributed by atoms with Crippen molar-refractivity contribution in [1.82, 2.24) is 9.55 Å². The molecule has 0 aliphatic heterocycles. The number of thioether (sulfide) groups is 1. The Morgan fingerprint density at radius 1 is 1.00 bits per heavy atom. The van der Waals surface area contributed by atoms with Crippen molar-refractivity contribution in [3.05, 3.63) is 99.8 Å². The van der Waals surface area contributed by atoms with Gasteiger partial charge in [-0.05, 0) is 49.2 Å². The van der Waals surface area contributed by atoms with Crippen LogP contribution in [-0.4, -0.2) is 21.2 Å². The number of hydrogen-bond acceptors (Lipinski definition) is 5. The second-order valence-corrected chi connectivity index (χ2v) is 9.20. The highest BCUT2D eigenvalue weighted by atomic mass is 32.2. The minimum atomic E-state index is -0.261. The zero-order valence-corrected chi connectivity index (χ0v) is 19.7. The molecule has 0 saturated heterocycles. The summed E-state index contributed by atoms with van der Waals surface area (Å²) in [6, 6.07) is 23.1. The maximum atomic E-state index is 13.5. The molecule has 3 aromatic carbocycles. The van der Waals surface area contributed by atoms with Crippen LogP contribution in [0.1, 0.15) is 16.7 Å². The lowest BCUT2D eigenvalue weighted by molar-refractivity contribution is -0.113. The van der Waals surface area contributed by atoms with Crippen molar-refractivity contribution in [2.45, 2.75) is 25.5 Å². The normalized spacial score (nSPS) is 11.2. The maximum Gasteiger partial charge on any atom is 0.298 e. The average molecular weight is 470 g/mol. The Morgan fingerprint density at radius 2 is 1.79 bits per heavy atom. The van der Waals surface area contributed by atoms with Crippen molar-refractivity contribution in [2.24, 2.45) is 0 Å². The van der Waals surface area contributed by atoms with E-state index in [-0.39, 0.29) is 22.8 Å². The van der Waals surface area contributed by atoms with E-state index in [1.165, 1.54) is 11.8 Å². The van der Waals surface area contributed by atoms with Gasteiger partial charge in [0.1, 0.15) is 11.1 Å². The topological polar surface area (TPSA) is 77.1 Å². The molecule has 0 saturated carbocycles. The van der Waals surface area contributed by atoms with Gasteiger partial charge in [-0.2, -0.15) is 0 Å². The summed E-state index contributed by atoms with van der Waals surface area (Å²) in [5, 5.41) is 4.17. The van der Waals surface area contributed by atoms with Crippen molar-refractivity contribution in [2.75, 3.05) is 11.1 Å². The van der Waals surface area contributed by atoms with Crippen molar-refractivity contribution in [3.8, 4) is 0 Å². The number of aryl methyl sites for hydroxylation is 2. The van der Waals surface area contributed by atoms with E-state index in [0.717, 1.165) is 27.8 Å². The molecule has 0 atom stereocenters. The molecule has 0 aliphatic carbocycles. The molecule has 34 heavy (non-hydrogen) atoms. The number of carbonyl (C=O) groups is 1. The summed E-state index contributed by atoms with van der Waals surface area (Å²) in [4.78, 5) is 30.9. The fourth-order valence-electron chi connectivity index (χ4n) is 3.83. The molecule has 0 spiro atoms. The fraction of sp³-hybridized carbons (Fsp3) is 0.148. The van der Waals surface area contributed by atoms with Gasteiger partial charge in [0.05, 0.1) is 12.3 Å². The number of para-hydroxylation sites is 1. The molecule has 1 amide bonds. The average Bonchev–Trinajstić information content (AvgIpc) is 3.20.